The minimum absolute atomic E-state index is 0.530. The highest BCUT2D eigenvalue weighted by atomic mass is 32.1. The molecule has 1 aromatic heterocycles. The van der Waals surface area contributed by atoms with Crippen molar-refractivity contribution in [1.29, 1.82) is 0 Å². The van der Waals surface area contributed by atoms with Crippen LogP contribution in [0, 0.1) is 0 Å². The second kappa shape index (κ2) is 4.19. The van der Waals surface area contributed by atoms with E-state index in [1.54, 1.807) is 0 Å². The fourth-order valence-corrected chi connectivity index (χ4v) is 1.29. The average molecular weight is 203 g/mol. The Balaban J connectivity index is 2.42. The van der Waals surface area contributed by atoms with Gasteiger partial charge in [-0.15, -0.1) is 0 Å². The van der Waals surface area contributed by atoms with E-state index >= 15 is 0 Å². The summed E-state index contributed by atoms with van der Waals surface area (Å²) >= 11 is 4.12. The van der Waals surface area contributed by atoms with Crippen LogP contribution in [0.2, 0.25) is 0 Å². The molecule has 3 nitrogen and oxygen atoms in total. The van der Waals surface area contributed by atoms with Crippen LogP contribution in [0.25, 0.3) is 11.4 Å². The van der Waals surface area contributed by atoms with Crippen LogP contribution in [0.3, 0.4) is 0 Å². The minimum atomic E-state index is 0.530. The summed E-state index contributed by atoms with van der Waals surface area (Å²) in [6.07, 6.45) is 1.51. The van der Waals surface area contributed by atoms with Crippen molar-refractivity contribution in [3.8, 4) is 11.4 Å². The first-order valence-corrected chi connectivity index (χ1v) is 4.87. The summed E-state index contributed by atoms with van der Waals surface area (Å²) in [4.78, 5) is 12.3. The molecule has 2 aromatic rings. The Labute approximate surface area is 87.7 Å². The van der Waals surface area contributed by atoms with Gasteiger partial charge in [-0.2, -0.15) is 12.6 Å². The van der Waals surface area contributed by atoms with Gasteiger partial charge in [0.15, 0.2) is 5.82 Å². The standard InChI is InChI=1S/C10H9N3S/c14-6-9-11-7-12-10(13-9)8-4-2-1-3-5-8/h1-5,7,14H,6H2. The Morgan fingerprint density at radius 1 is 1.07 bits per heavy atom. The SMILES string of the molecule is SCc1ncnc(-c2ccccc2)n1. The largest absolute Gasteiger partial charge is 0.221 e. The molecule has 0 saturated carbocycles. The average Bonchev–Trinajstić information content (AvgIpc) is 2.30. The molecule has 1 aromatic carbocycles. The maximum atomic E-state index is 4.26. The molecule has 14 heavy (non-hydrogen) atoms. The van der Waals surface area contributed by atoms with Crippen LogP contribution in [0.15, 0.2) is 36.7 Å². The summed E-state index contributed by atoms with van der Waals surface area (Å²) < 4.78 is 0. The smallest absolute Gasteiger partial charge is 0.163 e. The molecule has 0 N–H and O–H groups in total. The van der Waals surface area contributed by atoms with Gasteiger partial charge < -0.3 is 0 Å². The fraction of sp³-hybridized carbons (Fsp3) is 0.100. The van der Waals surface area contributed by atoms with Crippen LogP contribution in [-0.4, -0.2) is 15.0 Å². The zero-order valence-corrected chi connectivity index (χ0v) is 8.35. The number of thiol groups is 1. The van der Waals surface area contributed by atoms with Gasteiger partial charge in [0.2, 0.25) is 0 Å². The minimum Gasteiger partial charge on any atom is -0.221 e. The molecule has 0 spiro atoms. The molecule has 0 atom stereocenters. The van der Waals surface area contributed by atoms with E-state index in [1.165, 1.54) is 6.33 Å². The highest BCUT2D eigenvalue weighted by Gasteiger charge is 2.00. The second-order valence-corrected chi connectivity index (χ2v) is 3.07. The Kier molecular flexibility index (Phi) is 2.74. The van der Waals surface area contributed by atoms with Gasteiger partial charge in [0, 0.05) is 5.56 Å². The van der Waals surface area contributed by atoms with Crippen LogP contribution in [0.4, 0.5) is 0 Å². The van der Waals surface area contributed by atoms with Crippen molar-refractivity contribution < 1.29 is 0 Å². The Morgan fingerprint density at radius 3 is 2.57 bits per heavy atom. The maximum Gasteiger partial charge on any atom is 0.163 e. The normalized spacial score (nSPS) is 10.1. The summed E-state index contributed by atoms with van der Waals surface area (Å²) in [5.74, 6) is 1.93. The number of rotatable bonds is 2. The molecule has 0 aliphatic rings. The van der Waals surface area contributed by atoms with Crippen LogP contribution in [0.1, 0.15) is 5.82 Å². The number of aromatic nitrogens is 3. The van der Waals surface area contributed by atoms with E-state index in [0.29, 0.717) is 17.4 Å². The molecule has 0 fully saturated rings. The summed E-state index contributed by atoms with van der Waals surface area (Å²) in [6.45, 7) is 0. The van der Waals surface area contributed by atoms with Crippen molar-refractivity contribution in [2.45, 2.75) is 5.75 Å². The van der Waals surface area contributed by atoms with Crippen molar-refractivity contribution in [1.82, 2.24) is 15.0 Å². The topological polar surface area (TPSA) is 38.7 Å². The maximum absolute atomic E-state index is 4.26. The van der Waals surface area contributed by atoms with Gasteiger partial charge in [0.05, 0.1) is 5.75 Å². The quantitative estimate of drug-likeness (QED) is 0.758. The van der Waals surface area contributed by atoms with E-state index in [-0.39, 0.29) is 0 Å². The molecule has 0 radical (unpaired) electrons. The first-order chi connectivity index (χ1) is 6.90. The molecule has 4 heteroatoms. The van der Waals surface area contributed by atoms with Crippen LogP contribution in [0.5, 0.6) is 0 Å². The van der Waals surface area contributed by atoms with E-state index in [0.717, 1.165) is 5.56 Å². The number of benzene rings is 1. The predicted octanol–water partition coefficient (Wildman–Crippen LogP) is 1.97. The van der Waals surface area contributed by atoms with E-state index in [9.17, 15) is 0 Å². The van der Waals surface area contributed by atoms with Crippen LogP contribution >= 0.6 is 12.6 Å². The molecule has 1 heterocycles. The molecule has 70 valence electrons. The molecule has 0 aliphatic heterocycles. The summed E-state index contributed by atoms with van der Waals surface area (Å²) in [5.41, 5.74) is 0.998. The Morgan fingerprint density at radius 2 is 1.86 bits per heavy atom. The van der Waals surface area contributed by atoms with Gasteiger partial charge in [0.25, 0.3) is 0 Å². The lowest BCUT2D eigenvalue weighted by atomic mass is 10.2. The molecule has 2 rings (SSSR count). The molecular weight excluding hydrogens is 194 g/mol. The third-order valence-corrected chi connectivity index (χ3v) is 2.08. The summed E-state index contributed by atoms with van der Waals surface area (Å²) in [7, 11) is 0. The lowest BCUT2D eigenvalue weighted by molar-refractivity contribution is 0.972. The van der Waals surface area contributed by atoms with Gasteiger partial charge in [-0.05, 0) is 0 Å². The molecule has 0 saturated heterocycles. The van der Waals surface area contributed by atoms with Crippen molar-refractivity contribution in [3.05, 3.63) is 42.5 Å². The van der Waals surface area contributed by atoms with Crippen molar-refractivity contribution >= 4 is 12.6 Å². The molecule has 0 unspecified atom stereocenters. The van der Waals surface area contributed by atoms with Crippen LogP contribution in [-0.2, 0) is 5.75 Å². The van der Waals surface area contributed by atoms with Gasteiger partial charge in [-0.25, -0.2) is 15.0 Å². The van der Waals surface area contributed by atoms with Crippen LogP contribution < -0.4 is 0 Å². The van der Waals surface area contributed by atoms with Gasteiger partial charge in [0.1, 0.15) is 12.2 Å². The van der Waals surface area contributed by atoms with E-state index in [2.05, 4.69) is 27.6 Å². The molecule has 0 bridgehead atoms. The highest BCUT2D eigenvalue weighted by molar-refractivity contribution is 7.79. The fourth-order valence-electron chi connectivity index (χ4n) is 1.13. The van der Waals surface area contributed by atoms with Gasteiger partial charge in [-0.1, -0.05) is 30.3 Å². The number of hydrogen-bond acceptors (Lipinski definition) is 4. The lowest BCUT2D eigenvalue weighted by Crippen LogP contribution is -1.96. The van der Waals surface area contributed by atoms with Crippen molar-refractivity contribution in [3.63, 3.8) is 0 Å². The van der Waals surface area contributed by atoms with Crippen molar-refractivity contribution in [2.75, 3.05) is 0 Å². The molecule has 0 aliphatic carbocycles. The van der Waals surface area contributed by atoms with E-state index < -0.39 is 0 Å². The zero-order chi connectivity index (χ0) is 9.80. The third kappa shape index (κ3) is 1.90. The Hall–Kier alpha value is -1.42. The third-order valence-electron chi connectivity index (χ3n) is 1.80. The number of hydrogen-bond donors (Lipinski definition) is 1. The lowest BCUT2D eigenvalue weighted by Gasteiger charge is -1.99. The predicted molar refractivity (Wildman–Crippen MR) is 58.0 cm³/mol. The summed E-state index contributed by atoms with van der Waals surface area (Å²) in [6, 6.07) is 9.82. The van der Waals surface area contributed by atoms with E-state index in [4.69, 9.17) is 0 Å². The first-order valence-electron chi connectivity index (χ1n) is 4.24. The first kappa shape index (κ1) is 9.15. The van der Waals surface area contributed by atoms with Gasteiger partial charge >= 0.3 is 0 Å². The molecular formula is C10H9N3S. The van der Waals surface area contributed by atoms with E-state index in [1.807, 2.05) is 30.3 Å². The molecule has 0 amide bonds. The second-order valence-electron chi connectivity index (χ2n) is 2.75. The van der Waals surface area contributed by atoms with Gasteiger partial charge in [-0.3, -0.25) is 0 Å². The monoisotopic (exact) mass is 203 g/mol. The zero-order valence-electron chi connectivity index (χ0n) is 7.46. The van der Waals surface area contributed by atoms with Crippen molar-refractivity contribution in [2.24, 2.45) is 0 Å². The Bertz CT molecular complexity index is 417. The summed E-state index contributed by atoms with van der Waals surface area (Å²) in [5, 5.41) is 0. The number of nitrogens with zero attached hydrogens (tertiary/aromatic N) is 3. The highest BCUT2D eigenvalue weighted by Crippen LogP contribution is 2.12.